The highest BCUT2D eigenvalue weighted by atomic mass is 16.5. The van der Waals surface area contributed by atoms with Crippen molar-refractivity contribution < 1.29 is 14.3 Å². The molecule has 0 aliphatic rings. The number of rotatable bonds is 10. The topological polar surface area (TPSA) is 35.5 Å². The molecule has 0 aliphatic heterocycles. The molecule has 0 radical (unpaired) electrons. The van der Waals surface area contributed by atoms with Crippen LogP contribution >= 0.6 is 0 Å². The molecule has 96 valence electrons. The second-order valence-electron chi connectivity index (χ2n) is 4.10. The number of carbonyl (C=O) groups is 1. The molecule has 16 heavy (non-hydrogen) atoms. The minimum atomic E-state index is -0.166. The first kappa shape index (κ1) is 15.4. The third-order valence-corrected chi connectivity index (χ3v) is 2.41. The zero-order valence-electron chi connectivity index (χ0n) is 11.0. The maximum atomic E-state index is 11.1. The Kier molecular flexibility index (Phi) is 10.5. The lowest BCUT2D eigenvalue weighted by Crippen LogP contribution is -2.16. The Morgan fingerprint density at radius 3 is 2.44 bits per heavy atom. The van der Waals surface area contributed by atoms with Crippen LogP contribution in [0.1, 0.15) is 59.3 Å². The molecule has 0 aliphatic carbocycles. The van der Waals surface area contributed by atoms with Crippen LogP contribution in [0.25, 0.3) is 0 Å². The van der Waals surface area contributed by atoms with Crippen molar-refractivity contribution in [2.75, 3.05) is 13.2 Å². The number of unbranched alkanes of at least 4 members (excludes halogenated alkanes) is 4. The second-order valence-corrected chi connectivity index (χ2v) is 4.10. The van der Waals surface area contributed by atoms with Crippen molar-refractivity contribution >= 4 is 5.97 Å². The lowest BCUT2D eigenvalue weighted by molar-refractivity contribution is -0.146. The van der Waals surface area contributed by atoms with Gasteiger partial charge in [-0.15, -0.1) is 0 Å². The first-order valence-electron chi connectivity index (χ1n) is 6.47. The molecular formula is C13H26O3. The van der Waals surface area contributed by atoms with Gasteiger partial charge in [0.05, 0.1) is 19.1 Å². The maximum Gasteiger partial charge on any atom is 0.308 e. The van der Waals surface area contributed by atoms with Gasteiger partial charge in [-0.1, -0.05) is 32.6 Å². The van der Waals surface area contributed by atoms with Crippen LogP contribution in [0.3, 0.4) is 0 Å². The highest BCUT2D eigenvalue weighted by molar-refractivity contribution is 5.69. The number of hydrogen-bond donors (Lipinski definition) is 0. The van der Waals surface area contributed by atoms with Crippen molar-refractivity contribution in [3.8, 4) is 0 Å². The Labute approximate surface area is 99.5 Å². The van der Waals surface area contributed by atoms with Crippen LogP contribution in [-0.4, -0.2) is 25.3 Å². The van der Waals surface area contributed by atoms with Crippen molar-refractivity contribution in [1.82, 2.24) is 0 Å². The van der Waals surface area contributed by atoms with Crippen molar-refractivity contribution in [2.45, 2.75) is 65.4 Å². The molecule has 0 aromatic carbocycles. The normalized spacial score (nSPS) is 12.4. The fourth-order valence-electron chi connectivity index (χ4n) is 1.50. The van der Waals surface area contributed by atoms with Crippen LogP contribution in [-0.2, 0) is 14.3 Å². The van der Waals surface area contributed by atoms with E-state index in [0.717, 1.165) is 13.0 Å². The van der Waals surface area contributed by atoms with Gasteiger partial charge in [0.1, 0.15) is 0 Å². The molecule has 3 nitrogen and oxygen atoms in total. The molecule has 1 atom stereocenters. The Balaban J connectivity index is 3.29. The number of ether oxygens (including phenoxy) is 2. The summed E-state index contributed by atoms with van der Waals surface area (Å²) in [5.41, 5.74) is 0. The van der Waals surface area contributed by atoms with Gasteiger partial charge in [0.25, 0.3) is 0 Å². The Hall–Kier alpha value is -0.570. The van der Waals surface area contributed by atoms with Crippen molar-refractivity contribution in [3.05, 3.63) is 0 Å². The Morgan fingerprint density at radius 1 is 1.12 bits per heavy atom. The molecule has 0 rings (SSSR count). The van der Waals surface area contributed by atoms with Gasteiger partial charge >= 0.3 is 5.97 Å². The van der Waals surface area contributed by atoms with Gasteiger partial charge in [-0.3, -0.25) is 4.79 Å². The van der Waals surface area contributed by atoms with E-state index in [-0.39, 0.29) is 12.1 Å². The van der Waals surface area contributed by atoms with Crippen LogP contribution in [0.4, 0.5) is 0 Å². The van der Waals surface area contributed by atoms with Crippen LogP contribution in [0.15, 0.2) is 0 Å². The van der Waals surface area contributed by atoms with E-state index in [4.69, 9.17) is 9.47 Å². The SMILES string of the molecule is CCCCCCCOC(C)CC(=O)OCC. The van der Waals surface area contributed by atoms with E-state index in [0.29, 0.717) is 13.0 Å². The van der Waals surface area contributed by atoms with E-state index in [2.05, 4.69) is 6.92 Å². The minimum absolute atomic E-state index is 0.0229. The minimum Gasteiger partial charge on any atom is -0.466 e. The molecule has 0 N–H and O–H groups in total. The summed E-state index contributed by atoms with van der Waals surface area (Å²) in [6.07, 6.45) is 6.51. The molecule has 0 saturated carbocycles. The van der Waals surface area contributed by atoms with Gasteiger partial charge in [-0.05, 0) is 20.3 Å². The molecule has 0 heterocycles. The second kappa shape index (κ2) is 10.9. The standard InChI is InChI=1S/C13H26O3/c1-4-6-7-8-9-10-16-12(3)11-13(14)15-5-2/h12H,4-11H2,1-3H3. The van der Waals surface area contributed by atoms with Crippen LogP contribution in [0.5, 0.6) is 0 Å². The van der Waals surface area contributed by atoms with E-state index in [1.807, 2.05) is 13.8 Å². The zero-order chi connectivity index (χ0) is 12.2. The number of carbonyl (C=O) groups excluding carboxylic acids is 1. The lowest BCUT2D eigenvalue weighted by atomic mass is 10.2. The van der Waals surface area contributed by atoms with Crippen molar-refractivity contribution in [1.29, 1.82) is 0 Å². The average Bonchev–Trinajstić information content (AvgIpc) is 2.23. The third-order valence-electron chi connectivity index (χ3n) is 2.41. The third kappa shape index (κ3) is 9.97. The number of esters is 1. The largest absolute Gasteiger partial charge is 0.466 e. The molecule has 0 amide bonds. The van der Waals surface area contributed by atoms with Gasteiger partial charge in [-0.25, -0.2) is 0 Å². The van der Waals surface area contributed by atoms with Gasteiger partial charge in [-0.2, -0.15) is 0 Å². The highest BCUT2D eigenvalue weighted by Crippen LogP contribution is 2.05. The van der Waals surface area contributed by atoms with Crippen LogP contribution in [0, 0.1) is 0 Å². The smallest absolute Gasteiger partial charge is 0.308 e. The fraction of sp³-hybridized carbons (Fsp3) is 0.923. The predicted molar refractivity (Wildman–Crippen MR) is 65.4 cm³/mol. The van der Waals surface area contributed by atoms with Crippen molar-refractivity contribution in [2.24, 2.45) is 0 Å². The van der Waals surface area contributed by atoms with Crippen LogP contribution < -0.4 is 0 Å². The molecule has 0 aromatic rings. The molecule has 0 bridgehead atoms. The summed E-state index contributed by atoms with van der Waals surface area (Å²) in [6, 6.07) is 0. The van der Waals surface area contributed by atoms with E-state index in [1.54, 1.807) is 0 Å². The first-order valence-corrected chi connectivity index (χ1v) is 6.47. The molecular weight excluding hydrogens is 204 g/mol. The summed E-state index contributed by atoms with van der Waals surface area (Å²) in [4.78, 5) is 11.1. The Bertz CT molecular complexity index is 169. The average molecular weight is 230 g/mol. The highest BCUT2D eigenvalue weighted by Gasteiger charge is 2.09. The molecule has 0 aromatic heterocycles. The quantitative estimate of drug-likeness (QED) is 0.426. The summed E-state index contributed by atoms with van der Waals surface area (Å²) in [5.74, 6) is -0.166. The van der Waals surface area contributed by atoms with Gasteiger partial charge in [0.2, 0.25) is 0 Å². The molecule has 0 fully saturated rings. The van der Waals surface area contributed by atoms with Gasteiger partial charge < -0.3 is 9.47 Å². The monoisotopic (exact) mass is 230 g/mol. The van der Waals surface area contributed by atoms with E-state index < -0.39 is 0 Å². The summed E-state index contributed by atoms with van der Waals surface area (Å²) in [5, 5.41) is 0. The Morgan fingerprint density at radius 2 is 1.81 bits per heavy atom. The lowest BCUT2D eigenvalue weighted by Gasteiger charge is -2.11. The van der Waals surface area contributed by atoms with E-state index in [1.165, 1.54) is 25.7 Å². The number of hydrogen-bond acceptors (Lipinski definition) is 3. The first-order chi connectivity index (χ1) is 7.70. The zero-order valence-corrected chi connectivity index (χ0v) is 11.0. The van der Waals surface area contributed by atoms with Gasteiger partial charge in [0.15, 0.2) is 0 Å². The van der Waals surface area contributed by atoms with Crippen molar-refractivity contribution in [3.63, 3.8) is 0 Å². The molecule has 3 heteroatoms. The summed E-state index contributed by atoms with van der Waals surface area (Å²) < 4.78 is 10.4. The fourth-order valence-corrected chi connectivity index (χ4v) is 1.50. The molecule has 0 saturated heterocycles. The van der Waals surface area contributed by atoms with E-state index >= 15 is 0 Å². The summed E-state index contributed by atoms with van der Waals surface area (Å²) in [6.45, 7) is 7.14. The van der Waals surface area contributed by atoms with E-state index in [9.17, 15) is 4.79 Å². The van der Waals surface area contributed by atoms with Crippen LogP contribution in [0.2, 0.25) is 0 Å². The van der Waals surface area contributed by atoms with Gasteiger partial charge in [0, 0.05) is 6.61 Å². The predicted octanol–water partition coefficient (Wildman–Crippen LogP) is 3.32. The summed E-state index contributed by atoms with van der Waals surface area (Å²) in [7, 11) is 0. The molecule has 0 spiro atoms. The molecule has 1 unspecified atom stereocenters. The maximum absolute atomic E-state index is 11.1. The summed E-state index contributed by atoms with van der Waals surface area (Å²) >= 11 is 0.